The van der Waals surface area contributed by atoms with Crippen LogP contribution in [0.3, 0.4) is 0 Å². The fraction of sp³-hybridized carbons (Fsp3) is 0.452. The van der Waals surface area contributed by atoms with E-state index in [9.17, 15) is 9.59 Å². The third-order valence-corrected chi connectivity index (χ3v) is 7.39. The van der Waals surface area contributed by atoms with Crippen molar-refractivity contribution in [1.82, 2.24) is 28.9 Å². The Morgan fingerprint density at radius 1 is 0.854 bits per heavy atom. The number of nitrogens with zero attached hydrogens (tertiary/aromatic N) is 5. The summed E-state index contributed by atoms with van der Waals surface area (Å²) in [5.41, 5.74) is 2.81. The molecule has 4 rings (SSSR count). The summed E-state index contributed by atoms with van der Waals surface area (Å²) < 4.78 is 2.78. The molecule has 4 aromatic rings. The van der Waals surface area contributed by atoms with Gasteiger partial charge in [0, 0.05) is 39.6 Å². The van der Waals surface area contributed by atoms with Crippen LogP contribution in [0.4, 0.5) is 0 Å². The van der Waals surface area contributed by atoms with Crippen molar-refractivity contribution in [1.29, 1.82) is 0 Å². The minimum Gasteiger partial charge on any atom is -0.336 e. The van der Waals surface area contributed by atoms with Crippen molar-refractivity contribution in [3.05, 3.63) is 98.5 Å². The van der Waals surface area contributed by atoms with Gasteiger partial charge in [0.1, 0.15) is 11.3 Å². The molecule has 8 nitrogen and oxygen atoms in total. The van der Waals surface area contributed by atoms with Crippen molar-refractivity contribution >= 4 is 36.0 Å². The molecule has 0 radical (unpaired) electrons. The fourth-order valence-corrected chi connectivity index (χ4v) is 5.25. The number of rotatable bonds is 13. The molecule has 0 fully saturated rings. The number of imidazole rings is 1. The summed E-state index contributed by atoms with van der Waals surface area (Å²) in [4.78, 5) is 38.4. The van der Waals surface area contributed by atoms with Crippen LogP contribution in [-0.4, -0.2) is 61.6 Å². The molecule has 0 atom stereocenters. The van der Waals surface area contributed by atoms with E-state index in [1.165, 1.54) is 22.7 Å². The Hall–Kier alpha value is -2.91. The lowest BCUT2D eigenvalue weighted by molar-refractivity contribution is 0.188. The first-order chi connectivity index (χ1) is 18.8. The van der Waals surface area contributed by atoms with Gasteiger partial charge in [-0.05, 0) is 30.1 Å². The van der Waals surface area contributed by atoms with Crippen molar-refractivity contribution in [3.63, 3.8) is 0 Å². The van der Waals surface area contributed by atoms with Gasteiger partial charge in [0.25, 0.3) is 5.56 Å². The zero-order valence-corrected chi connectivity index (χ0v) is 26.4. The Kier molecular flexibility index (Phi) is 13.3. The third kappa shape index (κ3) is 8.10. The molecule has 0 saturated carbocycles. The largest absolute Gasteiger partial charge is 0.336 e. The monoisotopic (exact) mass is 602 g/mol. The predicted molar refractivity (Wildman–Crippen MR) is 173 cm³/mol. The zero-order valence-electron chi connectivity index (χ0n) is 24.7. The van der Waals surface area contributed by atoms with Crippen molar-refractivity contribution in [2.45, 2.75) is 46.7 Å². The highest BCUT2D eigenvalue weighted by Gasteiger charge is 2.22. The Morgan fingerprint density at radius 3 is 1.95 bits per heavy atom. The van der Waals surface area contributed by atoms with E-state index in [2.05, 4.69) is 103 Å². The quantitative estimate of drug-likeness (QED) is 0.235. The van der Waals surface area contributed by atoms with E-state index in [0.29, 0.717) is 24.1 Å². The van der Waals surface area contributed by atoms with Crippen LogP contribution in [0, 0.1) is 5.92 Å². The Labute approximate surface area is 255 Å². The number of aromatic nitrogens is 4. The molecule has 1 N–H and O–H groups in total. The smallest absolute Gasteiger partial charge is 0.332 e. The van der Waals surface area contributed by atoms with Crippen LogP contribution in [-0.2, 0) is 20.0 Å². The lowest BCUT2D eigenvalue weighted by Crippen LogP contribution is -2.38. The molecule has 41 heavy (non-hydrogen) atoms. The fourth-order valence-electron chi connectivity index (χ4n) is 5.25. The summed E-state index contributed by atoms with van der Waals surface area (Å²) in [5.74, 6) is 0.999. The first-order valence-electron chi connectivity index (χ1n) is 14.1. The number of hydrogen-bond donors (Lipinski definition) is 1. The number of fused-ring (bicyclic) bond motifs is 1. The topological polar surface area (TPSA) is 79.2 Å². The van der Waals surface area contributed by atoms with Crippen molar-refractivity contribution in [2.75, 3.05) is 32.7 Å². The number of likely N-dealkylation sites (N-methyl/N-ethyl adjacent to an activating group) is 2. The van der Waals surface area contributed by atoms with Gasteiger partial charge in [-0.3, -0.25) is 18.8 Å². The van der Waals surface area contributed by atoms with Crippen LogP contribution in [0.15, 0.2) is 70.3 Å². The maximum Gasteiger partial charge on any atom is 0.332 e. The van der Waals surface area contributed by atoms with E-state index in [0.717, 1.165) is 38.5 Å². The zero-order chi connectivity index (χ0) is 27.9. The number of nitrogens with one attached hydrogen (secondary N) is 1. The molecule has 224 valence electrons. The van der Waals surface area contributed by atoms with Gasteiger partial charge in [-0.15, -0.1) is 24.8 Å². The van der Waals surface area contributed by atoms with E-state index in [-0.39, 0.29) is 48.0 Å². The van der Waals surface area contributed by atoms with E-state index in [4.69, 9.17) is 4.98 Å². The highest BCUT2D eigenvalue weighted by atomic mass is 35.5. The molecule has 0 unspecified atom stereocenters. The van der Waals surface area contributed by atoms with Gasteiger partial charge >= 0.3 is 5.69 Å². The van der Waals surface area contributed by atoms with Crippen LogP contribution in [0.1, 0.15) is 50.7 Å². The number of aromatic amines is 1. The van der Waals surface area contributed by atoms with Gasteiger partial charge in [0.15, 0.2) is 5.65 Å². The number of H-pyrrole nitrogens is 1. The lowest BCUT2D eigenvalue weighted by Gasteiger charge is -2.33. The minimum atomic E-state index is -0.326. The molecule has 10 heteroatoms. The average Bonchev–Trinajstić information content (AvgIpc) is 3.38. The second-order valence-corrected chi connectivity index (χ2v) is 10.6. The van der Waals surface area contributed by atoms with Crippen LogP contribution >= 0.6 is 24.8 Å². The van der Waals surface area contributed by atoms with Crippen molar-refractivity contribution < 1.29 is 0 Å². The third-order valence-electron chi connectivity index (χ3n) is 7.39. The van der Waals surface area contributed by atoms with Crippen LogP contribution in [0.5, 0.6) is 0 Å². The average molecular weight is 604 g/mol. The summed E-state index contributed by atoms with van der Waals surface area (Å²) in [7, 11) is 1.53. The maximum atomic E-state index is 12.8. The maximum absolute atomic E-state index is 12.8. The number of benzene rings is 2. The highest BCUT2D eigenvalue weighted by Crippen LogP contribution is 2.28. The summed E-state index contributed by atoms with van der Waals surface area (Å²) in [5, 5.41) is 0. The van der Waals surface area contributed by atoms with Gasteiger partial charge in [-0.25, -0.2) is 9.78 Å². The summed E-state index contributed by atoms with van der Waals surface area (Å²) >= 11 is 0. The van der Waals surface area contributed by atoms with Gasteiger partial charge in [0.2, 0.25) is 0 Å². The van der Waals surface area contributed by atoms with Gasteiger partial charge in [0.05, 0.1) is 6.04 Å². The first kappa shape index (κ1) is 34.3. The molecular formula is C31H44Cl2N6O2. The first-order valence-corrected chi connectivity index (χ1v) is 14.1. The van der Waals surface area contributed by atoms with E-state index >= 15 is 0 Å². The van der Waals surface area contributed by atoms with Gasteiger partial charge in [-0.1, -0.05) is 88.4 Å². The molecule has 0 amide bonds. The van der Waals surface area contributed by atoms with E-state index in [1.54, 1.807) is 4.57 Å². The molecular weight excluding hydrogens is 559 g/mol. The van der Waals surface area contributed by atoms with Crippen LogP contribution in [0.25, 0.3) is 11.2 Å². The Morgan fingerprint density at radius 2 is 1.44 bits per heavy atom. The van der Waals surface area contributed by atoms with Gasteiger partial charge < -0.3 is 9.88 Å². The second kappa shape index (κ2) is 15.9. The number of hydrogen-bond acceptors (Lipinski definition) is 5. The van der Waals surface area contributed by atoms with E-state index in [1.807, 2.05) is 0 Å². The highest BCUT2D eigenvalue weighted by molar-refractivity contribution is 5.85. The standard InChI is InChI=1S/C31H42N6O2.2ClH/c1-6-35(19-18-26-32-27-29(33-26)37(22-23(3)4)31(39)34(5)30(27)38)20-21-36(7-2)28(24-14-10-8-11-15-24)25-16-12-9-13-17-25;;/h8-17,23,28H,6-7,18-22H2,1-5H3,(H,32,33);2*1H. The van der Waals surface area contributed by atoms with Crippen molar-refractivity contribution in [3.8, 4) is 0 Å². The second-order valence-electron chi connectivity index (χ2n) is 10.6. The molecule has 0 aliphatic carbocycles. The molecule has 0 aliphatic rings. The molecule has 2 aromatic heterocycles. The number of halogens is 2. The summed E-state index contributed by atoms with van der Waals surface area (Å²) in [6.07, 6.45) is 0.675. The minimum absolute atomic E-state index is 0. The molecule has 0 saturated heterocycles. The molecule has 0 spiro atoms. The summed E-state index contributed by atoms with van der Waals surface area (Å²) in [6, 6.07) is 21.6. The van der Waals surface area contributed by atoms with Crippen LogP contribution < -0.4 is 11.2 Å². The lowest BCUT2D eigenvalue weighted by atomic mass is 9.97. The van der Waals surface area contributed by atoms with Gasteiger partial charge in [-0.2, -0.15) is 0 Å². The Bertz CT molecular complexity index is 1430. The molecule has 2 aromatic carbocycles. The predicted octanol–water partition coefficient (Wildman–Crippen LogP) is 4.90. The van der Waals surface area contributed by atoms with Crippen LogP contribution in [0.2, 0.25) is 0 Å². The Balaban J connectivity index is 0.00000294. The molecule has 0 bridgehead atoms. The normalized spacial score (nSPS) is 11.4. The van der Waals surface area contributed by atoms with Crippen molar-refractivity contribution in [2.24, 2.45) is 13.0 Å². The van der Waals surface area contributed by atoms with E-state index < -0.39 is 0 Å². The molecule has 2 heterocycles. The SMILES string of the molecule is CCN(CCc1nc2c([nH]1)c(=O)n(C)c(=O)n2CC(C)C)CCN(CC)C(c1ccccc1)c1ccccc1.Cl.Cl. The summed E-state index contributed by atoms with van der Waals surface area (Å²) in [6.45, 7) is 13.5. The molecule has 0 aliphatic heterocycles.